The highest BCUT2D eigenvalue weighted by Crippen LogP contribution is 2.36. The Morgan fingerprint density at radius 3 is 2.48 bits per heavy atom. The van der Waals surface area contributed by atoms with Crippen LogP contribution in [0.15, 0.2) is 36.4 Å². The molecule has 3 rings (SSSR count). The number of nitrogens with zero attached hydrogens (tertiary/aromatic N) is 1. The Morgan fingerprint density at radius 2 is 1.79 bits per heavy atom. The molecule has 2 aromatic rings. The number of rotatable bonds is 6. The molecule has 1 heterocycles. The predicted molar refractivity (Wildman–Crippen MR) is 111 cm³/mol. The van der Waals surface area contributed by atoms with Gasteiger partial charge in [-0.05, 0) is 67.6 Å². The summed E-state index contributed by atoms with van der Waals surface area (Å²) in [6, 6.07) is 11.3. The van der Waals surface area contributed by atoms with E-state index in [9.17, 15) is 9.59 Å². The van der Waals surface area contributed by atoms with Gasteiger partial charge in [0.15, 0.2) is 11.5 Å². The fraction of sp³-hybridized carbons (Fsp3) is 0.391. The van der Waals surface area contributed by atoms with Gasteiger partial charge in [-0.15, -0.1) is 0 Å². The molecular weight excluding hydrogens is 368 g/mol. The molecule has 2 aromatic carbocycles. The van der Waals surface area contributed by atoms with Gasteiger partial charge in [0.1, 0.15) is 0 Å². The summed E-state index contributed by atoms with van der Waals surface area (Å²) in [6.07, 6.45) is 1.81. The molecule has 1 fully saturated rings. The summed E-state index contributed by atoms with van der Waals surface area (Å²) in [7, 11) is 3.20. The number of hydrogen-bond donors (Lipinski definition) is 1. The molecule has 1 saturated heterocycles. The summed E-state index contributed by atoms with van der Waals surface area (Å²) in [5.41, 5.74) is 3.76. The lowest BCUT2D eigenvalue weighted by molar-refractivity contribution is -0.131. The van der Waals surface area contributed by atoms with E-state index in [1.54, 1.807) is 20.3 Å². The van der Waals surface area contributed by atoms with Crippen LogP contribution in [0, 0.1) is 13.8 Å². The first-order chi connectivity index (χ1) is 13.9. The Kier molecular flexibility index (Phi) is 6.42. The highest BCUT2D eigenvalue weighted by molar-refractivity contribution is 5.96. The average molecular weight is 396 g/mol. The van der Waals surface area contributed by atoms with Crippen molar-refractivity contribution in [1.29, 1.82) is 0 Å². The van der Waals surface area contributed by atoms with Crippen LogP contribution in [-0.2, 0) is 4.79 Å². The number of ether oxygens (including phenoxy) is 2. The SMILES string of the molecule is COc1ccc(C2CCCN2C(=O)CNC(=O)c2ccc(C)c(C)c2)cc1OC. The first kappa shape index (κ1) is 20.7. The van der Waals surface area contributed by atoms with Gasteiger partial charge < -0.3 is 19.7 Å². The van der Waals surface area contributed by atoms with Crippen molar-refractivity contribution in [3.05, 3.63) is 58.7 Å². The zero-order chi connectivity index (χ0) is 21.0. The summed E-state index contributed by atoms with van der Waals surface area (Å²) in [6.45, 7) is 4.63. The van der Waals surface area contributed by atoms with Crippen molar-refractivity contribution in [2.45, 2.75) is 32.7 Å². The van der Waals surface area contributed by atoms with Crippen LogP contribution >= 0.6 is 0 Å². The standard InChI is InChI=1S/C23H28N2O4/c1-15-7-8-18(12-16(15)2)23(27)24-14-22(26)25-11-5-6-19(25)17-9-10-20(28-3)21(13-17)29-4/h7-10,12-13,19H,5-6,11,14H2,1-4H3,(H,24,27). The number of carbonyl (C=O) groups excluding carboxylic acids is 2. The van der Waals surface area contributed by atoms with E-state index >= 15 is 0 Å². The molecule has 1 atom stereocenters. The minimum atomic E-state index is -0.233. The Morgan fingerprint density at radius 1 is 1.03 bits per heavy atom. The zero-order valence-corrected chi connectivity index (χ0v) is 17.5. The fourth-order valence-electron chi connectivity index (χ4n) is 3.71. The first-order valence-electron chi connectivity index (χ1n) is 9.81. The summed E-state index contributed by atoms with van der Waals surface area (Å²) in [5, 5.41) is 2.76. The van der Waals surface area contributed by atoms with Crippen LogP contribution in [0.2, 0.25) is 0 Å². The fourth-order valence-corrected chi connectivity index (χ4v) is 3.71. The van der Waals surface area contributed by atoms with E-state index in [4.69, 9.17) is 9.47 Å². The number of hydrogen-bond acceptors (Lipinski definition) is 4. The maximum atomic E-state index is 12.8. The van der Waals surface area contributed by atoms with Crippen molar-refractivity contribution < 1.29 is 19.1 Å². The Bertz CT molecular complexity index is 910. The predicted octanol–water partition coefficient (Wildman–Crippen LogP) is 3.41. The highest BCUT2D eigenvalue weighted by atomic mass is 16.5. The third-order valence-electron chi connectivity index (χ3n) is 5.53. The molecule has 0 spiro atoms. The molecule has 6 heteroatoms. The molecule has 1 unspecified atom stereocenters. The molecule has 6 nitrogen and oxygen atoms in total. The molecule has 0 radical (unpaired) electrons. The molecule has 0 aromatic heterocycles. The van der Waals surface area contributed by atoms with Gasteiger partial charge in [-0.3, -0.25) is 9.59 Å². The topological polar surface area (TPSA) is 67.9 Å². The van der Waals surface area contributed by atoms with E-state index < -0.39 is 0 Å². The van der Waals surface area contributed by atoms with Crippen molar-refractivity contribution in [1.82, 2.24) is 10.2 Å². The maximum absolute atomic E-state index is 12.8. The van der Waals surface area contributed by atoms with Gasteiger partial charge in [-0.1, -0.05) is 12.1 Å². The smallest absolute Gasteiger partial charge is 0.251 e. The third-order valence-corrected chi connectivity index (χ3v) is 5.53. The first-order valence-corrected chi connectivity index (χ1v) is 9.81. The van der Waals surface area contributed by atoms with Crippen molar-refractivity contribution in [3.63, 3.8) is 0 Å². The molecular formula is C23H28N2O4. The molecule has 0 saturated carbocycles. The van der Waals surface area contributed by atoms with E-state index in [1.807, 2.05) is 49.1 Å². The van der Waals surface area contributed by atoms with Crippen molar-refractivity contribution in [2.24, 2.45) is 0 Å². The number of likely N-dealkylation sites (tertiary alicyclic amines) is 1. The number of carbonyl (C=O) groups is 2. The number of benzene rings is 2. The Labute approximate surface area is 171 Å². The number of nitrogens with one attached hydrogen (secondary N) is 1. The molecule has 1 aliphatic heterocycles. The van der Waals surface area contributed by atoms with Gasteiger partial charge in [0.2, 0.25) is 5.91 Å². The molecule has 0 aliphatic carbocycles. The average Bonchev–Trinajstić information content (AvgIpc) is 3.23. The highest BCUT2D eigenvalue weighted by Gasteiger charge is 2.30. The van der Waals surface area contributed by atoms with Gasteiger partial charge in [0.25, 0.3) is 5.91 Å². The second-order valence-electron chi connectivity index (χ2n) is 7.34. The van der Waals surface area contributed by atoms with Gasteiger partial charge in [0.05, 0.1) is 26.8 Å². The summed E-state index contributed by atoms with van der Waals surface area (Å²) < 4.78 is 10.7. The molecule has 0 bridgehead atoms. The molecule has 29 heavy (non-hydrogen) atoms. The van der Waals surface area contributed by atoms with Crippen LogP contribution in [0.5, 0.6) is 11.5 Å². The van der Waals surface area contributed by atoms with Crippen molar-refractivity contribution >= 4 is 11.8 Å². The summed E-state index contributed by atoms with van der Waals surface area (Å²) >= 11 is 0. The maximum Gasteiger partial charge on any atom is 0.251 e. The quantitative estimate of drug-likeness (QED) is 0.813. The van der Waals surface area contributed by atoms with E-state index in [1.165, 1.54) is 0 Å². The lowest BCUT2D eigenvalue weighted by atomic mass is 10.0. The molecule has 1 N–H and O–H groups in total. The van der Waals surface area contributed by atoms with Crippen molar-refractivity contribution in [3.8, 4) is 11.5 Å². The van der Waals surface area contributed by atoms with E-state index in [-0.39, 0.29) is 24.4 Å². The van der Waals surface area contributed by atoms with Crippen LogP contribution in [-0.4, -0.2) is 44.0 Å². The van der Waals surface area contributed by atoms with Crippen LogP contribution in [0.25, 0.3) is 0 Å². The van der Waals surface area contributed by atoms with Crippen LogP contribution in [0.3, 0.4) is 0 Å². The second-order valence-corrected chi connectivity index (χ2v) is 7.34. The lowest BCUT2D eigenvalue weighted by Gasteiger charge is -2.26. The normalized spacial score (nSPS) is 15.9. The minimum absolute atomic E-state index is 0.0183. The summed E-state index contributed by atoms with van der Waals surface area (Å²) in [5.74, 6) is 0.989. The third kappa shape index (κ3) is 4.53. The monoisotopic (exact) mass is 396 g/mol. The van der Waals surface area contributed by atoms with Crippen LogP contribution in [0.4, 0.5) is 0 Å². The number of methoxy groups -OCH3 is 2. The van der Waals surface area contributed by atoms with Gasteiger partial charge in [-0.25, -0.2) is 0 Å². The van der Waals surface area contributed by atoms with Gasteiger partial charge >= 0.3 is 0 Å². The van der Waals surface area contributed by atoms with E-state index in [2.05, 4.69) is 5.32 Å². The number of aryl methyl sites for hydroxylation is 2. The molecule has 1 aliphatic rings. The zero-order valence-electron chi connectivity index (χ0n) is 17.5. The van der Waals surface area contributed by atoms with E-state index in [0.29, 0.717) is 23.6 Å². The Balaban J connectivity index is 1.67. The molecule has 154 valence electrons. The van der Waals surface area contributed by atoms with Crippen molar-refractivity contribution in [2.75, 3.05) is 27.3 Å². The second kappa shape index (κ2) is 8.99. The Hall–Kier alpha value is -3.02. The largest absolute Gasteiger partial charge is 0.493 e. The van der Waals surface area contributed by atoms with E-state index in [0.717, 1.165) is 29.5 Å². The number of amides is 2. The van der Waals surface area contributed by atoms with Gasteiger partial charge in [0, 0.05) is 12.1 Å². The summed E-state index contributed by atoms with van der Waals surface area (Å²) in [4.78, 5) is 27.1. The van der Waals surface area contributed by atoms with Gasteiger partial charge in [-0.2, -0.15) is 0 Å². The minimum Gasteiger partial charge on any atom is -0.493 e. The van der Waals surface area contributed by atoms with Crippen LogP contribution in [0.1, 0.15) is 45.9 Å². The molecule has 2 amide bonds. The van der Waals surface area contributed by atoms with Crippen LogP contribution < -0.4 is 14.8 Å². The lowest BCUT2D eigenvalue weighted by Crippen LogP contribution is -2.39.